The molecule has 1 unspecified atom stereocenters. The van der Waals surface area contributed by atoms with E-state index in [4.69, 9.17) is 11.6 Å². The van der Waals surface area contributed by atoms with E-state index in [1.54, 1.807) is 29.2 Å². The first kappa shape index (κ1) is 33.3. The average molecular weight is 610 g/mol. The third kappa shape index (κ3) is 7.23. The van der Waals surface area contributed by atoms with Crippen LogP contribution in [0.2, 0.25) is 5.02 Å². The molecule has 0 aromatic heterocycles. The Balaban J connectivity index is 1.96. The van der Waals surface area contributed by atoms with Gasteiger partial charge in [0.1, 0.15) is 11.6 Å². The fraction of sp³-hybridized carbons (Fsp3) is 0.613. The second-order valence-electron chi connectivity index (χ2n) is 12.8. The van der Waals surface area contributed by atoms with Gasteiger partial charge in [-0.25, -0.2) is 21.9 Å². The number of nitrogens with one attached hydrogen (secondary N) is 1. The van der Waals surface area contributed by atoms with Crippen molar-refractivity contribution in [1.82, 2.24) is 14.5 Å². The Hall–Kier alpha value is -2.23. The van der Waals surface area contributed by atoms with Crippen molar-refractivity contribution in [3.63, 3.8) is 0 Å². The van der Waals surface area contributed by atoms with Crippen molar-refractivity contribution in [1.29, 1.82) is 0 Å². The van der Waals surface area contributed by atoms with E-state index < -0.39 is 27.3 Å². The van der Waals surface area contributed by atoms with Gasteiger partial charge >= 0.3 is 6.03 Å². The number of rotatable bonds is 9. The molecule has 0 bridgehead atoms. The van der Waals surface area contributed by atoms with Gasteiger partial charge in [0.25, 0.3) is 0 Å². The molecule has 2 heterocycles. The summed E-state index contributed by atoms with van der Waals surface area (Å²) >= 11 is 6.23. The second kappa shape index (κ2) is 13.0. The smallest absolute Gasteiger partial charge is 0.317 e. The number of urea groups is 1. The number of amides is 2. The first-order chi connectivity index (χ1) is 19.0. The van der Waals surface area contributed by atoms with Crippen LogP contribution in [0.15, 0.2) is 42.5 Å². The third-order valence-corrected chi connectivity index (χ3v) is 10.3. The van der Waals surface area contributed by atoms with E-state index in [0.717, 1.165) is 18.4 Å². The van der Waals surface area contributed by atoms with Crippen molar-refractivity contribution in [2.45, 2.75) is 66.3 Å². The molecule has 3 atom stereocenters. The van der Waals surface area contributed by atoms with E-state index in [0.29, 0.717) is 32.5 Å². The zero-order valence-corrected chi connectivity index (χ0v) is 26.7. The van der Waals surface area contributed by atoms with Crippen LogP contribution >= 0.6 is 11.6 Å². The number of sulfonamides is 1. The lowest BCUT2D eigenvalue weighted by Crippen LogP contribution is -2.46. The monoisotopic (exact) mass is 609 g/mol. The standard InChI is InChI=1S/C31H45ClFN3O4S/c1-8-10-21(2)31(22(3)37)24(19-30(4,5)6)20-36(28(31)25-11-9-12-26(32)27(25)33)29(38)34-16-13-23-14-17-35(18-15-23)41(7,39)40/h8-12,23-24,28H,1,13-20H2,2-7H3,(H,34,38)/b21-10+/t24-,28?,31-/m1/s1. The van der Waals surface area contributed by atoms with E-state index in [9.17, 15) is 18.0 Å². The first-order valence-electron chi connectivity index (χ1n) is 14.3. The molecule has 0 saturated carbocycles. The molecule has 3 rings (SSSR count). The molecule has 2 saturated heterocycles. The first-order valence-corrected chi connectivity index (χ1v) is 16.5. The maximum absolute atomic E-state index is 15.7. The topological polar surface area (TPSA) is 86.8 Å². The molecule has 1 aromatic rings. The van der Waals surface area contributed by atoms with E-state index in [1.165, 1.54) is 23.6 Å². The molecule has 228 valence electrons. The Bertz CT molecular complexity index is 1280. The largest absolute Gasteiger partial charge is 0.338 e. The number of allylic oxidation sites excluding steroid dienone is 2. The van der Waals surface area contributed by atoms with Crippen LogP contribution in [0.4, 0.5) is 9.18 Å². The van der Waals surface area contributed by atoms with Gasteiger partial charge in [0.15, 0.2) is 0 Å². The quantitative estimate of drug-likeness (QED) is 0.330. The van der Waals surface area contributed by atoms with Gasteiger partial charge < -0.3 is 10.2 Å². The van der Waals surface area contributed by atoms with Gasteiger partial charge in [-0.1, -0.05) is 68.8 Å². The molecule has 2 fully saturated rings. The van der Waals surface area contributed by atoms with Crippen molar-refractivity contribution in [2.24, 2.45) is 22.7 Å². The summed E-state index contributed by atoms with van der Waals surface area (Å²) in [6.45, 7) is 15.1. The van der Waals surface area contributed by atoms with Crippen molar-refractivity contribution in [3.05, 3.63) is 58.9 Å². The highest BCUT2D eigenvalue weighted by Gasteiger charge is 2.60. The lowest BCUT2D eigenvalue weighted by Gasteiger charge is -2.42. The fourth-order valence-corrected chi connectivity index (χ4v) is 7.95. The van der Waals surface area contributed by atoms with Crippen LogP contribution in [0.5, 0.6) is 0 Å². The van der Waals surface area contributed by atoms with Gasteiger partial charge in [0.2, 0.25) is 10.0 Å². The molecular weight excluding hydrogens is 565 g/mol. The molecule has 2 aliphatic heterocycles. The number of hydrogen-bond acceptors (Lipinski definition) is 4. The van der Waals surface area contributed by atoms with Crippen molar-refractivity contribution in [3.8, 4) is 0 Å². The molecule has 2 amide bonds. The summed E-state index contributed by atoms with van der Waals surface area (Å²) in [6, 6.07) is 3.45. The molecule has 41 heavy (non-hydrogen) atoms. The average Bonchev–Trinajstić information content (AvgIpc) is 3.19. The van der Waals surface area contributed by atoms with Crippen LogP contribution in [-0.4, -0.2) is 61.9 Å². The highest BCUT2D eigenvalue weighted by molar-refractivity contribution is 7.88. The summed E-state index contributed by atoms with van der Waals surface area (Å²) in [5.41, 5.74) is -0.399. The van der Waals surface area contributed by atoms with Crippen LogP contribution < -0.4 is 5.32 Å². The molecule has 10 heteroatoms. The maximum Gasteiger partial charge on any atom is 0.317 e. The zero-order chi connectivity index (χ0) is 30.8. The zero-order valence-electron chi connectivity index (χ0n) is 25.2. The SMILES string of the molecule is C=C/C=C(\C)[C@]1(C(C)=O)C(c2cccc(Cl)c2F)N(C(=O)NCCC2CCN(S(C)(=O)=O)CC2)C[C@H]1CC(C)(C)C. The van der Waals surface area contributed by atoms with Crippen LogP contribution in [0.3, 0.4) is 0 Å². The molecule has 0 spiro atoms. The number of carbonyl (C=O) groups excluding carboxylic acids is 2. The summed E-state index contributed by atoms with van der Waals surface area (Å²) in [4.78, 5) is 29.3. The van der Waals surface area contributed by atoms with Gasteiger partial charge in [-0.15, -0.1) is 0 Å². The molecular formula is C31H45ClFN3O4S. The molecule has 7 nitrogen and oxygen atoms in total. The molecule has 1 aromatic carbocycles. The summed E-state index contributed by atoms with van der Waals surface area (Å²) < 4.78 is 40.9. The number of ketones is 1. The number of carbonyl (C=O) groups is 2. The Kier molecular flexibility index (Phi) is 10.5. The predicted molar refractivity (Wildman–Crippen MR) is 163 cm³/mol. The number of piperidine rings is 1. The van der Waals surface area contributed by atoms with Crippen LogP contribution in [-0.2, 0) is 14.8 Å². The minimum Gasteiger partial charge on any atom is -0.338 e. The number of benzene rings is 1. The Labute approximate surface area is 250 Å². The minimum absolute atomic E-state index is 0.0645. The second-order valence-corrected chi connectivity index (χ2v) is 15.2. The number of hydrogen-bond donors (Lipinski definition) is 1. The van der Waals surface area contributed by atoms with Crippen molar-refractivity contribution in [2.75, 3.05) is 32.4 Å². The van der Waals surface area contributed by atoms with Gasteiger partial charge in [-0.3, -0.25) is 4.79 Å². The van der Waals surface area contributed by atoms with E-state index in [2.05, 4.69) is 32.7 Å². The molecule has 2 aliphatic rings. The Morgan fingerprint density at radius 1 is 1.22 bits per heavy atom. The minimum atomic E-state index is -3.20. The third-order valence-electron chi connectivity index (χ3n) is 8.67. The van der Waals surface area contributed by atoms with Crippen molar-refractivity contribution >= 4 is 33.4 Å². The molecule has 0 aliphatic carbocycles. The Morgan fingerprint density at radius 3 is 2.39 bits per heavy atom. The summed E-state index contributed by atoms with van der Waals surface area (Å²) in [6.07, 6.45) is 7.44. The highest BCUT2D eigenvalue weighted by Crippen LogP contribution is 2.58. The van der Waals surface area contributed by atoms with Crippen molar-refractivity contribution < 1.29 is 22.4 Å². The number of likely N-dealkylation sites (tertiary alicyclic amines) is 1. The number of nitrogens with zero attached hydrogens (tertiary/aromatic N) is 2. The molecule has 0 radical (unpaired) electrons. The summed E-state index contributed by atoms with van der Waals surface area (Å²) in [5.74, 6) is -0.760. The lowest BCUT2D eigenvalue weighted by molar-refractivity contribution is -0.128. The van der Waals surface area contributed by atoms with Gasteiger partial charge in [-0.2, -0.15) is 0 Å². The fourth-order valence-electron chi connectivity index (χ4n) is 6.89. The number of Topliss-reactive ketones (excluding diaryl/α,β-unsaturated/α-hetero) is 1. The summed E-state index contributed by atoms with van der Waals surface area (Å²) in [7, 11) is -3.20. The van der Waals surface area contributed by atoms with Crippen LogP contribution in [0.25, 0.3) is 0 Å². The van der Waals surface area contributed by atoms with Gasteiger partial charge in [0, 0.05) is 31.7 Å². The number of halogens is 2. The summed E-state index contributed by atoms with van der Waals surface area (Å²) in [5, 5.41) is 2.96. The molecule has 1 N–H and O–H groups in total. The van der Waals surface area contributed by atoms with Gasteiger partial charge in [0.05, 0.1) is 22.7 Å². The Morgan fingerprint density at radius 2 is 1.85 bits per heavy atom. The van der Waals surface area contributed by atoms with Gasteiger partial charge in [-0.05, 0) is 62.8 Å². The van der Waals surface area contributed by atoms with E-state index in [1.807, 2.05) is 6.92 Å². The predicted octanol–water partition coefficient (Wildman–Crippen LogP) is 6.37. The van der Waals surface area contributed by atoms with E-state index >= 15 is 4.39 Å². The maximum atomic E-state index is 15.7. The van der Waals surface area contributed by atoms with E-state index in [-0.39, 0.29) is 46.2 Å². The lowest BCUT2D eigenvalue weighted by atomic mass is 9.60. The highest BCUT2D eigenvalue weighted by atomic mass is 35.5. The van der Waals surface area contributed by atoms with Crippen LogP contribution in [0.1, 0.15) is 71.9 Å². The van der Waals surface area contributed by atoms with Crippen LogP contribution in [0, 0.1) is 28.5 Å². The normalized spacial score (nSPS) is 24.9.